The Bertz CT molecular complexity index is 467. The van der Waals surface area contributed by atoms with E-state index in [4.69, 9.17) is 23.4 Å². The van der Waals surface area contributed by atoms with Gasteiger partial charge in [-0.2, -0.15) is 0 Å². The normalized spacial score (nSPS) is 24.8. The van der Waals surface area contributed by atoms with Gasteiger partial charge in [0.15, 0.2) is 0 Å². The smallest absolute Gasteiger partial charge is 0.322 e. The summed E-state index contributed by atoms with van der Waals surface area (Å²) in [5.41, 5.74) is 0.966. The molecule has 2 heterocycles. The number of hydrogen-bond donors (Lipinski definition) is 1. The van der Waals surface area contributed by atoms with Crippen LogP contribution in [0.1, 0.15) is 5.56 Å². The van der Waals surface area contributed by atoms with Gasteiger partial charge in [-0.3, -0.25) is 0 Å². The fraction of sp³-hybridized carbons (Fsp3) is 0.462. The summed E-state index contributed by atoms with van der Waals surface area (Å²) in [4.78, 5) is 14.0. The monoisotopic (exact) mass is 299 g/mol. The van der Waals surface area contributed by atoms with Crippen molar-refractivity contribution in [2.24, 2.45) is 5.92 Å². The van der Waals surface area contributed by atoms with E-state index in [-0.39, 0.29) is 6.03 Å². The minimum absolute atomic E-state index is 0.118. The van der Waals surface area contributed by atoms with Crippen LogP contribution in [0.2, 0.25) is 5.02 Å². The van der Waals surface area contributed by atoms with Crippen molar-refractivity contribution < 1.29 is 4.79 Å². The first-order valence-electron chi connectivity index (χ1n) is 6.33. The lowest BCUT2D eigenvalue weighted by Crippen LogP contribution is -2.51. The predicted molar refractivity (Wildman–Crippen MR) is 75.1 cm³/mol. The van der Waals surface area contributed by atoms with Gasteiger partial charge in [0, 0.05) is 48.4 Å². The Morgan fingerprint density at radius 3 is 2.63 bits per heavy atom. The Morgan fingerprint density at radius 2 is 2.11 bits per heavy atom. The molecular weight excluding hydrogens is 285 g/mol. The van der Waals surface area contributed by atoms with Crippen LogP contribution >= 0.6 is 23.4 Å². The highest BCUT2D eigenvalue weighted by atomic mass is 35.5. The second-order valence-electron chi connectivity index (χ2n) is 5.11. The van der Waals surface area contributed by atoms with Crippen molar-refractivity contribution in [1.29, 1.82) is 0 Å². The number of hydrogen-bond acceptors (Lipinski definition) is 2. The molecule has 2 aliphatic rings. The van der Waals surface area contributed by atoms with E-state index >= 15 is 0 Å². The molecule has 2 unspecified atom stereocenters. The Morgan fingerprint density at radius 1 is 1.37 bits per heavy atom. The average Bonchev–Trinajstić information content (AvgIpc) is 2.67. The Kier molecular flexibility index (Phi) is 3.56. The van der Waals surface area contributed by atoms with Gasteiger partial charge >= 0.3 is 6.03 Å². The van der Waals surface area contributed by atoms with E-state index in [9.17, 15) is 4.79 Å². The number of carbonyl (C=O) groups excluding carboxylic acids is 1. The standard InChI is InChI=1S/C13H15Cl2N3O/c14-11-3-1-9(2-4-11)6-18(15)13(19)17-7-10-5-16-12(10)8-17/h1-4,10,12,16H,5-8H2. The maximum atomic E-state index is 12.2. The first-order valence-corrected chi connectivity index (χ1v) is 7.05. The number of benzene rings is 1. The Balaban J connectivity index is 1.59. The van der Waals surface area contributed by atoms with Crippen LogP contribution in [0.5, 0.6) is 0 Å². The van der Waals surface area contributed by atoms with Crippen molar-refractivity contribution in [3.8, 4) is 0 Å². The molecule has 0 radical (unpaired) electrons. The highest BCUT2D eigenvalue weighted by Crippen LogP contribution is 2.25. The van der Waals surface area contributed by atoms with Gasteiger partial charge < -0.3 is 10.2 Å². The van der Waals surface area contributed by atoms with Gasteiger partial charge in [0.25, 0.3) is 0 Å². The van der Waals surface area contributed by atoms with Gasteiger partial charge in [0.1, 0.15) is 0 Å². The molecule has 1 aromatic carbocycles. The van der Waals surface area contributed by atoms with E-state index in [1.165, 1.54) is 4.42 Å². The molecule has 0 spiro atoms. The second-order valence-corrected chi connectivity index (χ2v) is 5.95. The molecule has 2 saturated heterocycles. The lowest BCUT2D eigenvalue weighted by atomic mass is 9.96. The third-order valence-corrected chi connectivity index (χ3v) is 4.31. The van der Waals surface area contributed by atoms with Crippen molar-refractivity contribution in [3.63, 3.8) is 0 Å². The molecule has 2 amide bonds. The highest BCUT2D eigenvalue weighted by molar-refractivity contribution is 6.30. The largest absolute Gasteiger partial charge is 0.334 e. The number of urea groups is 1. The summed E-state index contributed by atoms with van der Waals surface area (Å²) in [5.74, 6) is 0.601. The summed E-state index contributed by atoms with van der Waals surface area (Å²) in [6.45, 7) is 2.96. The van der Waals surface area contributed by atoms with Crippen LogP contribution in [-0.4, -0.2) is 41.0 Å². The third-order valence-electron chi connectivity index (χ3n) is 3.80. The van der Waals surface area contributed by atoms with Gasteiger partial charge in [-0.05, 0) is 17.7 Å². The van der Waals surface area contributed by atoms with E-state index in [1.807, 2.05) is 17.0 Å². The number of likely N-dealkylation sites (tertiary alicyclic amines) is 1. The summed E-state index contributed by atoms with van der Waals surface area (Å²) in [5, 5.41) is 4.00. The van der Waals surface area contributed by atoms with Gasteiger partial charge in [0.2, 0.25) is 0 Å². The maximum absolute atomic E-state index is 12.2. The zero-order chi connectivity index (χ0) is 13.4. The minimum Gasteiger partial charge on any atom is -0.322 e. The molecule has 2 atom stereocenters. The number of carbonyl (C=O) groups is 1. The van der Waals surface area contributed by atoms with Gasteiger partial charge in [-0.1, -0.05) is 23.7 Å². The van der Waals surface area contributed by atoms with E-state index in [1.54, 1.807) is 12.1 Å². The van der Waals surface area contributed by atoms with Gasteiger partial charge in [-0.25, -0.2) is 9.21 Å². The van der Waals surface area contributed by atoms with Crippen molar-refractivity contribution in [2.75, 3.05) is 19.6 Å². The molecule has 2 aliphatic heterocycles. The molecule has 4 nitrogen and oxygen atoms in total. The first kappa shape index (κ1) is 13.0. The van der Waals surface area contributed by atoms with Gasteiger partial charge in [-0.15, -0.1) is 0 Å². The highest BCUT2D eigenvalue weighted by Gasteiger charge is 2.41. The zero-order valence-corrected chi connectivity index (χ0v) is 11.9. The van der Waals surface area contributed by atoms with Crippen molar-refractivity contribution in [1.82, 2.24) is 14.6 Å². The molecular formula is C13H15Cl2N3O. The Labute approximate surface area is 122 Å². The molecule has 2 fully saturated rings. The topological polar surface area (TPSA) is 35.6 Å². The SMILES string of the molecule is O=C(N(Cl)Cc1ccc(Cl)cc1)N1CC2CNC2C1. The number of amides is 2. The third kappa shape index (κ3) is 2.66. The molecule has 1 N–H and O–H groups in total. The fourth-order valence-electron chi connectivity index (χ4n) is 2.58. The van der Waals surface area contributed by atoms with Crippen molar-refractivity contribution >= 4 is 29.4 Å². The minimum atomic E-state index is -0.118. The molecule has 1 aromatic rings. The van der Waals surface area contributed by atoms with Crippen molar-refractivity contribution in [2.45, 2.75) is 12.6 Å². The van der Waals surface area contributed by atoms with Crippen LogP contribution in [0.3, 0.4) is 0 Å². The molecule has 0 saturated carbocycles. The van der Waals surface area contributed by atoms with Crippen LogP contribution in [0.4, 0.5) is 4.79 Å². The van der Waals surface area contributed by atoms with E-state index in [2.05, 4.69) is 5.32 Å². The summed E-state index contributed by atoms with van der Waals surface area (Å²) in [6.07, 6.45) is 0. The van der Waals surface area contributed by atoms with Crippen molar-refractivity contribution in [3.05, 3.63) is 34.9 Å². The molecule has 3 rings (SSSR count). The summed E-state index contributed by atoms with van der Waals surface area (Å²) < 4.78 is 1.24. The summed E-state index contributed by atoms with van der Waals surface area (Å²) >= 11 is 11.9. The number of fused-ring (bicyclic) bond motifs is 1. The van der Waals surface area contributed by atoms with Crippen LogP contribution in [-0.2, 0) is 6.54 Å². The number of nitrogens with one attached hydrogen (secondary N) is 1. The molecule has 19 heavy (non-hydrogen) atoms. The summed E-state index contributed by atoms with van der Waals surface area (Å²) in [7, 11) is 0. The maximum Gasteiger partial charge on any atom is 0.334 e. The Hall–Kier alpha value is -0.970. The van der Waals surface area contributed by atoms with Crippen LogP contribution < -0.4 is 5.32 Å². The zero-order valence-electron chi connectivity index (χ0n) is 10.4. The molecule has 0 aliphatic carbocycles. The second kappa shape index (κ2) is 5.19. The number of rotatable bonds is 2. The molecule has 0 aromatic heterocycles. The average molecular weight is 300 g/mol. The quantitative estimate of drug-likeness (QED) is 0.851. The summed E-state index contributed by atoms with van der Waals surface area (Å²) in [6, 6.07) is 7.69. The van der Waals surface area contributed by atoms with E-state index in [0.29, 0.717) is 23.5 Å². The lowest BCUT2D eigenvalue weighted by molar-refractivity contribution is 0.187. The first-order chi connectivity index (χ1) is 9.13. The fourth-order valence-corrected chi connectivity index (χ4v) is 2.95. The van der Waals surface area contributed by atoms with E-state index in [0.717, 1.165) is 25.2 Å². The molecule has 102 valence electrons. The van der Waals surface area contributed by atoms with Crippen LogP contribution in [0.15, 0.2) is 24.3 Å². The lowest BCUT2D eigenvalue weighted by Gasteiger charge is -2.29. The number of nitrogens with zero attached hydrogens (tertiary/aromatic N) is 2. The molecule has 6 heteroatoms. The predicted octanol–water partition coefficient (Wildman–Crippen LogP) is 2.32. The molecule has 0 bridgehead atoms. The van der Waals surface area contributed by atoms with E-state index < -0.39 is 0 Å². The van der Waals surface area contributed by atoms with Crippen LogP contribution in [0.25, 0.3) is 0 Å². The number of halogens is 2. The van der Waals surface area contributed by atoms with Crippen LogP contribution in [0, 0.1) is 5.92 Å². The van der Waals surface area contributed by atoms with Gasteiger partial charge in [0.05, 0.1) is 6.54 Å².